The maximum atomic E-state index is 12.2. The van der Waals surface area contributed by atoms with Crippen LogP contribution < -0.4 is 5.32 Å². The van der Waals surface area contributed by atoms with Crippen molar-refractivity contribution in [2.24, 2.45) is 0 Å². The summed E-state index contributed by atoms with van der Waals surface area (Å²) in [6, 6.07) is 16.5. The molecule has 4 heteroatoms. The normalized spacial score (nSPS) is 10.7. The van der Waals surface area contributed by atoms with Crippen molar-refractivity contribution in [3.63, 3.8) is 0 Å². The SMILES string of the molecule is CCN(CC)C(=O)Nc1cccc(-c2cccc3sccc23)c1. The Morgan fingerprint density at radius 2 is 1.87 bits per heavy atom. The summed E-state index contributed by atoms with van der Waals surface area (Å²) in [6.07, 6.45) is 0. The molecule has 1 heterocycles. The molecule has 0 fully saturated rings. The van der Waals surface area contributed by atoms with Gasteiger partial charge in [-0.3, -0.25) is 0 Å². The number of carbonyl (C=O) groups is 1. The molecule has 0 aliphatic rings. The van der Waals surface area contributed by atoms with Gasteiger partial charge in [0, 0.05) is 28.9 Å². The van der Waals surface area contributed by atoms with E-state index in [4.69, 9.17) is 0 Å². The summed E-state index contributed by atoms with van der Waals surface area (Å²) >= 11 is 1.74. The van der Waals surface area contributed by atoms with Crippen molar-refractivity contribution >= 4 is 33.1 Å². The van der Waals surface area contributed by atoms with Crippen LogP contribution in [0.1, 0.15) is 13.8 Å². The molecule has 3 aromatic rings. The standard InChI is InChI=1S/C19H20N2OS/c1-3-21(4-2)19(22)20-15-8-5-7-14(13-15)16-9-6-10-18-17(16)11-12-23-18/h5-13H,3-4H2,1-2H3,(H,20,22). The molecular weight excluding hydrogens is 304 g/mol. The van der Waals surface area contributed by atoms with Crippen molar-refractivity contribution in [3.8, 4) is 11.1 Å². The molecule has 23 heavy (non-hydrogen) atoms. The van der Waals surface area contributed by atoms with Gasteiger partial charge in [-0.25, -0.2) is 4.79 Å². The Balaban J connectivity index is 1.91. The van der Waals surface area contributed by atoms with Crippen molar-refractivity contribution in [2.45, 2.75) is 13.8 Å². The van der Waals surface area contributed by atoms with E-state index in [-0.39, 0.29) is 6.03 Å². The van der Waals surface area contributed by atoms with Gasteiger partial charge in [-0.1, -0.05) is 24.3 Å². The maximum absolute atomic E-state index is 12.2. The van der Waals surface area contributed by atoms with E-state index in [0.717, 1.165) is 11.3 Å². The third-order valence-corrected chi connectivity index (χ3v) is 4.85. The first-order valence-corrected chi connectivity index (χ1v) is 8.73. The largest absolute Gasteiger partial charge is 0.325 e. The average molecular weight is 324 g/mol. The summed E-state index contributed by atoms with van der Waals surface area (Å²) in [5.41, 5.74) is 3.14. The quantitative estimate of drug-likeness (QED) is 0.680. The molecule has 3 rings (SSSR count). The van der Waals surface area contributed by atoms with Crippen LogP contribution in [0.15, 0.2) is 53.9 Å². The lowest BCUT2D eigenvalue weighted by Gasteiger charge is -2.19. The summed E-state index contributed by atoms with van der Waals surface area (Å²) in [6.45, 7) is 5.38. The third-order valence-electron chi connectivity index (χ3n) is 3.97. The molecule has 118 valence electrons. The van der Waals surface area contributed by atoms with Gasteiger partial charge in [-0.2, -0.15) is 0 Å². The summed E-state index contributed by atoms with van der Waals surface area (Å²) in [5.74, 6) is 0. The predicted octanol–water partition coefficient (Wildman–Crippen LogP) is 5.44. The van der Waals surface area contributed by atoms with Gasteiger partial charge in [0.1, 0.15) is 0 Å². The topological polar surface area (TPSA) is 32.3 Å². The van der Waals surface area contributed by atoms with Crippen LogP contribution in [0.4, 0.5) is 10.5 Å². The van der Waals surface area contributed by atoms with Gasteiger partial charge in [-0.15, -0.1) is 11.3 Å². The lowest BCUT2D eigenvalue weighted by molar-refractivity contribution is 0.217. The highest BCUT2D eigenvalue weighted by atomic mass is 32.1. The molecule has 2 amide bonds. The van der Waals surface area contributed by atoms with Crippen molar-refractivity contribution in [1.82, 2.24) is 4.90 Å². The first-order valence-electron chi connectivity index (χ1n) is 7.85. The molecule has 0 radical (unpaired) electrons. The van der Waals surface area contributed by atoms with E-state index < -0.39 is 0 Å². The van der Waals surface area contributed by atoms with E-state index >= 15 is 0 Å². The average Bonchev–Trinajstić information content (AvgIpc) is 3.04. The highest BCUT2D eigenvalue weighted by Crippen LogP contribution is 2.32. The Hall–Kier alpha value is -2.33. The van der Waals surface area contributed by atoms with E-state index in [9.17, 15) is 4.79 Å². The lowest BCUT2D eigenvalue weighted by Crippen LogP contribution is -2.34. The third kappa shape index (κ3) is 3.22. The molecule has 0 unspecified atom stereocenters. The Bertz CT molecular complexity index is 821. The predicted molar refractivity (Wildman–Crippen MR) is 99.2 cm³/mol. The number of nitrogens with zero attached hydrogens (tertiary/aromatic N) is 1. The highest BCUT2D eigenvalue weighted by Gasteiger charge is 2.10. The zero-order chi connectivity index (χ0) is 16.2. The fraction of sp³-hybridized carbons (Fsp3) is 0.211. The van der Waals surface area contributed by atoms with Crippen LogP contribution in [0.3, 0.4) is 0 Å². The van der Waals surface area contributed by atoms with Gasteiger partial charge in [0.25, 0.3) is 0 Å². The number of benzene rings is 2. The van der Waals surface area contributed by atoms with Gasteiger partial charge in [-0.05, 0) is 54.6 Å². The van der Waals surface area contributed by atoms with Crippen molar-refractivity contribution in [1.29, 1.82) is 0 Å². The first-order chi connectivity index (χ1) is 11.2. The number of carbonyl (C=O) groups excluding carboxylic acids is 1. The van der Waals surface area contributed by atoms with Crippen LogP contribution in [0.5, 0.6) is 0 Å². The minimum Gasteiger partial charge on any atom is -0.325 e. The number of hydrogen-bond acceptors (Lipinski definition) is 2. The fourth-order valence-corrected chi connectivity index (χ4v) is 3.54. The minimum absolute atomic E-state index is 0.0547. The van der Waals surface area contributed by atoms with Gasteiger partial charge in [0.2, 0.25) is 0 Å². The zero-order valence-electron chi connectivity index (χ0n) is 13.4. The van der Waals surface area contributed by atoms with E-state index in [1.54, 1.807) is 16.2 Å². The van der Waals surface area contributed by atoms with E-state index in [0.29, 0.717) is 13.1 Å². The smallest absolute Gasteiger partial charge is 0.321 e. The number of anilines is 1. The second-order valence-electron chi connectivity index (χ2n) is 5.32. The van der Waals surface area contributed by atoms with Crippen LogP contribution in [-0.4, -0.2) is 24.0 Å². The second kappa shape index (κ2) is 6.84. The Kier molecular flexibility index (Phi) is 4.63. The molecule has 0 saturated carbocycles. The van der Waals surface area contributed by atoms with Crippen LogP contribution in [-0.2, 0) is 0 Å². The fourth-order valence-electron chi connectivity index (χ4n) is 2.72. The summed E-state index contributed by atoms with van der Waals surface area (Å²) < 4.78 is 1.28. The molecule has 0 aliphatic heterocycles. The molecule has 3 nitrogen and oxygen atoms in total. The summed E-state index contributed by atoms with van der Waals surface area (Å²) in [5, 5.41) is 6.35. The van der Waals surface area contributed by atoms with Gasteiger partial charge >= 0.3 is 6.03 Å². The molecular formula is C19H20N2OS. The maximum Gasteiger partial charge on any atom is 0.321 e. The van der Waals surface area contributed by atoms with Crippen LogP contribution in [0.25, 0.3) is 21.2 Å². The monoisotopic (exact) mass is 324 g/mol. The molecule has 0 aliphatic carbocycles. The minimum atomic E-state index is -0.0547. The van der Waals surface area contributed by atoms with Gasteiger partial charge in [0.15, 0.2) is 0 Å². The number of urea groups is 1. The number of amides is 2. The molecule has 0 bridgehead atoms. The van der Waals surface area contributed by atoms with Crippen LogP contribution >= 0.6 is 11.3 Å². The molecule has 1 aromatic heterocycles. The number of hydrogen-bond donors (Lipinski definition) is 1. The van der Waals surface area contributed by atoms with Gasteiger partial charge in [0.05, 0.1) is 0 Å². The van der Waals surface area contributed by atoms with E-state index in [2.05, 4.69) is 41.0 Å². The number of rotatable bonds is 4. The molecule has 2 aromatic carbocycles. The number of thiophene rings is 1. The molecule has 0 atom stereocenters. The van der Waals surface area contributed by atoms with Gasteiger partial charge < -0.3 is 10.2 Å². The molecule has 1 N–H and O–H groups in total. The van der Waals surface area contributed by atoms with Crippen molar-refractivity contribution in [3.05, 3.63) is 53.9 Å². The highest BCUT2D eigenvalue weighted by molar-refractivity contribution is 7.17. The molecule has 0 spiro atoms. The molecule has 0 saturated heterocycles. The summed E-state index contributed by atoms with van der Waals surface area (Å²) in [7, 11) is 0. The zero-order valence-corrected chi connectivity index (χ0v) is 14.2. The lowest BCUT2D eigenvalue weighted by atomic mass is 10.0. The Morgan fingerprint density at radius 3 is 2.65 bits per heavy atom. The second-order valence-corrected chi connectivity index (χ2v) is 6.27. The van der Waals surface area contributed by atoms with Crippen molar-refractivity contribution in [2.75, 3.05) is 18.4 Å². The Labute approximate surface area is 140 Å². The Morgan fingerprint density at radius 1 is 1.09 bits per heavy atom. The first kappa shape index (κ1) is 15.6. The van der Waals surface area contributed by atoms with Crippen LogP contribution in [0.2, 0.25) is 0 Å². The van der Waals surface area contributed by atoms with Crippen LogP contribution in [0, 0.1) is 0 Å². The summed E-state index contributed by atoms with van der Waals surface area (Å²) in [4.78, 5) is 14.0. The number of fused-ring (bicyclic) bond motifs is 1. The van der Waals surface area contributed by atoms with E-state index in [1.165, 1.54) is 15.6 Å². The van der Waals surface area contributed by atoms with E-state index in [1.807, 2.05) is 32.0 Å². The van der Waals surface area contributed by atoms with Crippen molar-refractivity contribution < 1.29 is 4.79 Å². The number of nitrogens with one attached hydrogen (secondary N) is 1.